The Bertz CT molecular complexity index is 411. The number of H-pyrrole nitrogens is 1. The number of carboxylic acid groups (broad SMARTS) is 1. The molecule has 0 amide bonds. The van der Waals surface area contributed by atoms with E-state index in [0.717, 1.165) is 0 Å². The van der Waals surface area contributed by atoms with Crippen LogP contribution in [0.2, 0.25) is 0 Å². The first kappa shape index (κ1) is 11.2. The van der Waals surface area contributed by atoms with Crippen molar-refractivity contribution in [3.63, 3.8) is 0 Å². The molecule has 0 spiro atoms. The summed E-state index contributed by atoms with van der Waals surface area (Å²) in [5.41, 5.74) is -0.271. The van der Waals surface area contributed by atoms with Crippen LogP contribution in [0, 0.1) is 0 Å². The van der Waals surface area contributed by atoms with Crippen LogP contribution < -0.4 is 10.9 Å². The van der Waals surface area contributed by atoms with Crippen molar-refractivity contribution in [1.29, 1.82) is 0 Å². The van der Waals surface area contributed by atoms with Gasteiger partial charge in [0.25, 0.3) is 5.56 Å². The second-order valence-corrected chi connectivity index (χ2v) is 3.46. The fourth-order valence-electron chi connectivity index (χ4n) is 1.06. The van der Waals surface area contributed by atoms with E-state index < -0.39 is 11.5 Å². The molecule has 0 aliphatic rings. The Kier molecular flexibility index (Phi) is 3.43. The van der Waals surface area contributed by atoms with E-state index in [1.165, 1.54) is 6.20 Å². The van der Waals surface area contributed by atoms with Gasteiger partial charge < -0.3 is 10.4 Å². The van der Waals surface area contributed by atoms with E-state index in [2.05, 4.69) is 15.3 Å². The molecule has 0 saturated carbocycles. The average molecular weight is 211 g/mol. The summed E-state index contributed by atoms with van der Waals surface area (Å²) >= 11 is 0. The number of carboxylic acids is 1. The topological polar surface area (TPSA) is 95.1 Å². The molecular formula is C9H13N3O3. The second-order valence-electron chi connectivity index (χ2n) is 3.46. The molecule has 0 fully saturated rings. The Morgan fingerprint density at radius 1 is 1.67 bits per heavy atom. The summed E-state index contributed by atoms with van der Waals surface area (Å²) in [4.78, 5) is 28.1. The van der Waals surface area contributed by atoms with Gasteiger partial charge in [-0.3, -0.25) is 14.6 Å². The molecule has 0 aliphatic heterocycles. The van der Waals surface area contributed by atoms with Crippen LogP contribution in [-0.4, -0.2) is 27.1 Å². The van der Waals surface area contributed by atoms with Crippen LogP contribution in [0.4, 0.5) is 5.95 Å². The number of hydrogen-bond acceptors (Lipinski definition) is 4. The largest absolute Gasteiger partial charge is 0.481 e. The number of aromatic nitrogens is 2. The van der Waals surface area contributed by atoms with Crippen molar-refractivity contribution in [3.8, 4) is 0 Å². The molecule has 6 heteroatoms. The Labute approximate surface area is 86.4 Å². The highest BCUT2D eigenvalue weighted by atomic mass is 16.4. The van der Waals surface area contributed by atoms with Crippen LogP contribution in [0.1, 0.15) is 19.4 Å². The molecule has 15 heavy (non-hydrogen) atoms. The molecule has 1 aromatic heterocycles. The van der Waals surface area contributed by atoms with Gasteiger partial charge in [-0.1, -0.05) is 0 Å². The van der Waals surface area contributed by atoms with Crippen LogP contribution >= 0.6 is 0 Å². The minimum atomic E-state index is -1.05. The molecule has 3 N–H and O–H groups in total. The van der Waals surface area contributed by atoms with Crippen molar-refractivity contribution in [1.82, 2.24) is 9.97 Å². The normalized spacial score (nSPS) is 10.3. The SMILES string of the molecule is CC(C)Nc1ncc(CC(=O)O)c(=O)[nH]1. The van der Waals surface area contributed by atoms with Gasteiger partial charge in [0, 0.05) is 17.8 Å². The van der Waals surface area contributed by atoms with Crippen LogP contribution in [0.25, 0.3) is 0 Å². The third-order valence-corrected chi connectivity index (χ3v) is 1.64. The van der Waals surface area contributed by atoms with E-state index in [1.807, 2.05) is 13.8 Å². The number of hydrogen-bond donors (Lipinski definition) is 3. The number of nitrogens with zero attached hydrogens (tertiary/aromatic N) is 1. The van der Waals surface area contributed by atoms with Crippen LogP contribution in [-0.2, 0) is 11.2 Å². The first-order valence-electron chi connectivity index (χ1n) is 4.55. The lowest BCUT2D eigenvalue weighted by Crippen LogP contribution is -2.21. The lowest BCUT2D eigenvalue weighted by Gasteiger charge is -2.08. The molecule has 1 aromatic rings. The molecule has 0 aromatic carbocycles. The number of anilines is 1. The highest BCUT2D eigenvalue weighted by molar-refractivity contribution is 5.69. The zero-order valence-corrected chi connectivity index (χ0v) is 8.57. The van der Waals surface area contributed by atoms with Crippen molar-refractivity contribution in [3.05, 3.63) is 22.1 Å². The predicted octanol–water partition coefficient (Wildman–Crippen LogP) is 0.217. The number of aromatic amines is 1. The van der Waals surface area contributed by atoms with E-state index in [4.69, 9.17) is 5.11 Å². The second kappa shape index (κ2) is 4.59. The van der Waals surface area contributed by atoms with E-state index in [1.54, 1.807) is 0 Å². The number of aliphatic carboxylic acids is 1. The van der Waals surface area contributed by atoms with Gasteiger partial charge in [-0.25, -0.2) is 4.98 Å². The molecule has 1 rings (SSSR count). The van der Waals surface area contributed by atoms with Crippen molar-refractivity contribution in [2.75, 3.05) is 5.32 Å². The predicted molar refractivity (Wildman–Crippen MR) is 55.0 cm³/mol. The fourth-order valence-corrected chi connectivity index (χ4v) is 1.06. The van der Waals surface area contributed by atoms with Crippen LogP contribution in [0.15, 0.2) is 11.0 Å². The van der Waals surface area contributed by atoms with Crippen LogP contribution in [0.3, 0.4) is 0 Å². The summed E-state index contributed by atoms with van der Waals surface area (Å²) in [6.07, 6.45) is 0.960. The van der Waals surface area contributed by atoms with Gasteiger partial charge in [-0.05, 0) is 13.8 Å². The summed E-state index contributed by atoms with van der Waals surface area (Å²) in [6, 6.07) is 0.151. The first-order chi connectivity index (χ1) is 6.99. The first-order valence-corrected chi connectivity index (χ1v) is 4.55. The van der Waals surface area contributed by atoms with E-state index in [9.17, 15) is 9.59 Å². The summed E-state index contributed by atoms with van der Waals surface area (Å²) in [7, 11) is 0. The molecule has 1 heterocycles. The van der Waals surface area contributed by atoms with E-state index in [-0.39, 0.29) is 18.0 Å². The van der Waals surface area contributed by atoms with Crippen molar-refractivity contribution in [2.45, 2.75) is 26.3 Å². The Hall–Kier alpha value is -1.85. The fraction of sp³-hybridized carbons (Fsp3) is 0.444. The quantitative estimate of drug-likeness (QED) is 0.662. The average Bonchev–Trinajstić information content (AvgIpc) is 2.08. The lowest BCUT2D eigenvalue weighted by molar-refractivity contribution is -0.136. The third kappa shape index (κ3) is 3.41. The highest BCUT2D eigenvalue weighted by Gasteiger charge is 2.07. The summed E-state index contributed by atoms with van der Waals surface area (Å²) in [6.45, 7) is 3.82. The van der Waals surface area contributed by atoms with Crippen molar-refractivity contribution >= 4 is 11.9 Å². The van der Waals surface area contributed by atoms with Gasteiger partial charge in [-0.15, -0.1) is 0 Å². The Balaban J connectivity index is 2.88. The smallest absolute Gasteiger partial charge is 0.308 e. The third-order valence-electron chi connectivity index (χ3n) is 1.64. The van der Waals surface area contributed by atoms with Crippen molar-refractivity contribution in [2.24, 2.45) is 0 Å². The zero-order valence-electron chi connectivity index (χ0n) is 8.57. The van der Waals surface area contributed by atoms with Crippen molar-refractivity contribution < 1.29 is 9.90 Å². The lowest BCUT2D eigenvalue weighted by atomic mass is 10.2. The maximum atomic E-state index is 11.4. The molecule has 0 aliphatic carbocycles. The zero-order chi connectivity index (χ0) is 11.4. The monoisotopic (exact) mass is 211 g/mol. The highest BCUT2D eigenvalue weighted by Crippen LogP contribution is 1.98. The summed E-state index contributed by atoms with van der Waals surface area (Å²) in [5, 5.41) is 11.4. The van der Waals surface area contributed by atoms with Gasteiger partial charge in [0.05, 0.1) is 6.42 Å². The molecule has 82 valence electrons. The molecular weight excluding hydrogens is 198 g/mol. The molecule has 0 atom stereocenters. The van der Waals surface area contributed by atoms with E-state index in [0.29, 0.717) is 5.95 Å². The summed E-state index contributed by atoms with van der Waals surface area (Å²) < 4.78 is 0. The molecule has 6 nitrogen and oxygen atoms in total. The van der Waals surface area contributed by atoms with Crippen LogP contribution in [0.5, 0.6) is 0 Å². The standard InChI is InChI=1S/C9H13N3O3/c1-5(2)11-9-10-4-6(3-7(13)14)8(15)12-9/h4-5H,3H2,1-2H3,(H,13,14)(H2,10,11,12,15). The van der Waals surface area contributed by atoms with Gasteiger partial charge in [-0.2, -0.15) is 0 Å². The molecule has 0 radical (unpaired) electrons. The number of rotatable bonds is 4. The van der Waals surface area contributed by atoms with Gasteiger partial charge >= 0.3 is 5.97 Å². The van der Waals surface area contributed by atoms with Gasteiger partial charge in [0.1, 0.15) is 0 Å². The summed E-state index contributed by atoms with van der Waals surface area (Å²) in [5.74, 6) is -0.698. The molecule has 0 unspecified atom stereocenters. The van der Waals surface area contributed by atoms with Gasteiger partial charge in [0.15, 0.2) is 0 Å². The molecule has 0 saturated heterocycles. The maximum Gasteiger partial charge on any atom is 0.308 e. The minimum absolute atomic E-state index is 0.150. The Morgan fingerprint density at radius 2 is 2.33 bits per heavy atom. The molecule has 0 bridgehead atoms. The maximum absolute atomic E-state index is 11.4. The van der Waals surface area contributed by atoms with Gasteiger partial charge in [0.2, 0.25) is 5.95 Å². The minimum Gasteiger partial charge on any atom is -0.481 e. The number of carbonyl (C=O) groups is 1. The Morgan fingerprint density at radius 3 is 2.80 bits per heavy atom. The van der Waals surface area contributed by atoms with E-state index >= 15 is 0 Å². The number of nitrogens with one attached hydrogen (secondary N) is 2.